The van der Waals surface area contributed by atoms with Gasteiger partial charge >= 0.3 is 5.97 Å². The molecule has 2 rings (SSSR count). The van der Waals surface area contributed by atoms with E-state index < -0.39 is 11.6 Å². The summed E-state index contributed by atoms with van der Waals surface area (Å²) in [6, 6.07) is 1.57. The van der Waals surface area contributed by atoms with E-state index in [4.69, 9.17) is 5.11 Å². The SMILES string of the molecule is CCC(O)(c1sccc1C(=O)O)C1CC1. The van der Waals surface area contributed by atoms with Gasteiger partial charge in [0.25, 0.3) is 0 Å². The van der Waals surface area contributed by atoms with Crippen LogP contribution in [0.5, 0.6) is 0 Å². The largest absolute Gasteiger partial charge is 0.478 e. The van der Waals surface area contributed by atoms with Crippen molar-refractivity contribution in [2.75, 3.05) is 0 Å². The Morgan fingerprint density at radius 2 is 2.33 bits per heavy atom. The third kappa shape index (κ3) is 1.68. The van der Waals surface area contributed by atoms with Gasteiger partial charge in [-0.15, -0.1) is 11.3 Å². The highest BCUT2D eigenvalue weighted by Gasteiger charge is 2.46. The van der Waals surface area contributed by atoms with Gasteiger partial charge in [0.05, 0.1) is 10.4 Å². The first-order valence-electron chi connectivity index (χ1n) is 5.13. The third-order valence-electron chi connectivity index (χ3n) is 3.08. The molecular weight excluding hydrogens is 212 g/mol. The summed E-state index contributed by atoms with van der Waals surface area (Å²) in [5.41, 5.74) is -0.654. The van der Waals surface area contributed by atoms with Crippen molar-refractivity contribution in [1.82, 2.24) is 0 Å². The maximum Gasteiger partial charge on any atom is 0.336 e. The Hall–Kier alpha value is -0.870. The first-order valence-corrected chi connectivity index (χ1v) is 6.01. The van der Waals surface area contributed by atoms with Crippen LogP contribution in [-0.4, -0.2) is 16.2 Å². The van der Waals surface area contributed by atoms with Gasteiger partial charge < -0.3 is 10.2 Å². The van der Waals surface area contributed by atoms with Gasteiger partial charge in [-0.25, -0.2) is 4.79 Å². The summed E-state index contributed by atoms with van der Waals surface area (Å²) in [6.07, 6.45) is 2.58. The number of hydrogen-bond acceptors (Lipinski definition) is 3. The number of thiophene rings is 1. The van der Waals surface area contributed by atoms with Crippen molar-refractivity contribution in [2.24, 2.45) is 5.92 Å². The Morgan fingerprint density at radius 3 is 2.80 bits per heavy atom. The predicted octanol–water partition coefficient (Wildman–Crippen LogP) is 2.45. The summed E-state index contributed by atoms with van der Waals surface area (Å²) in [5, 5.41) is 21.2. The maximum absolute atomic E-state index is 11.0. The molecule has 1 aromatic heterocycles. The molecule has 0 radical (unpaired) electrons. The number of aliphatic hydroxyl groups is 1. The van der Waals surface area contributed by atoms with Crippen molar-refractivity contribution in [3.8, 4) is 0 Å². The zero-order chi connectivity index (χ0) is 11.1. The van der Waals surface area contributed by atoms with Gasteiger partial charge in [0.15, 0.2) is 0 Å². The normalized spacial score (nSPS) is 19.9. The molecule has 1 aliphatic rings. The van der Waals surface area contributed by atoms with E-state index in [1.54, 1.807) is 11.4 Å². The van der Waals surface area contributed by atoms with Crippen LogP contribution in [0.4, 0.5) is 0 Å². The number of aromatic carboxylic acids is 1. The van der Waals surface area contributed by atoms with E-state index in [9.17, 15) is 9.90 Å². The van der Waals surface area contributed by atoms with Gasteiger partial charge in [0.2, 0.25) is 0 Å². The highest BCUT2D eigenvalue weighted by molar-refractivity contribution is 7.10. The number of carboxylic acid groups (broad SMARTS) is 1. The van der Waals surface area contributed by atoms with E-state index in [2.05, 4.69) is 0 Å². The molecule has 15 heavy (non-hydrogen) atoms. The lowest BCUT2D eigenvalue weighted by Crippen LogP contribution is -2.28. The van der Waals surface area contributed by atoms with Gasteiger partial charge in [-0.2, -0.15) is 0 Å². The minimum Gasteiger partial charge on any atom is -0.478 e. The second-order valence-electron chi connectivity index (χ2n) is 4.02. The Balaban J connectivity index is 2.41. The third-order valence-corrected chi connectivity index (χ3v) is 4.16. The highest BCUT2D eigenvalue weighted by Crippen LogP contribution is 2.49. The van der Waals surface area contributed by atoms with Gasteiger partial charge in [0.1, 0.15) is 5.60 Å². The van der Waals surface area contributed by atoms with Crippen LogP contribution in [0.2, 0.25) is 0 Å². The van der Waals surface area contributed by atoms with Crippen LogP contribution in [0.15, 0.2) is 11.4 Å². The van der Waals surface area contributed by atoms with E-state index in [1.165, 1.54) is 11.3 Å². The van der Waals surface area contributed by atoms with Crippen molar-refractivity contribution >= 4 is 17.3 Å². The Labute approximate surface area is 92.4 Å². The minimum atomic E-state index is -0.946. The summed E-state index contributed by atoms with van der Waals surface area (Å²) in [6.45, 7) is 1.91. The molecule has 0 amide bonds. The lowest BCUT2D eigenvalue weighted by molar-refractivity contribution is 0.0110. The van der Waals surface area contributed by atoms with Crippen molar-refractivity contribution in [2.45, 2.75) is 31.8 Å². The van der Waals surface area contributed by atoms with E-state index in [-0.39, 0.29) is 11.5 Å². The number of carbonyl (C=O) groups is 1. The monoisotopic (exact) mass is 226 g/mol. The average molecular weight is 226 g/mol. The second-order valence-corrected chi connectivity index (χ2v) is 4.94. The van der Waals surface area contributed by atoms with Gasteiger partial charge in [0, 0.05) is 0 Å². The molecule has 0 spiro atoms. The topological polar surface area (TPSA) is 57.5 Å². The molecule has 82 valence electrons. The van der Waals surface area contributed by atoms with Crippen LogP contribution in [-0.2, 0) is 5.60 Å². The fourth-order valence-electron chi connectivity index (χ4n) is 2.01. The van der Waals surface area contributed by atoms with Crippen LogP contribution in [0.1, 0.15) is 41.4 Å². The van der Waals surface area contributed by atoms with Crippen LogP contribution in [0.25, 0.3) is 0 Å². The molecule has 1 fully saturated rings. The lowest BCUT2D eigenvalue weighted by Gasteiger charge is -2.26. The van der Waals surface area contributed by atoms with Crippen molar-refractivity contribution in [1.29, 1.82) is 0 Å². The van der Waals surface area contributed by atoms with E-state index >= 15 is 0 Å². The molecule has 1 unspecified atom stereocenters. The van der Waals surface area contributed by atoms with Crippen LogP contribution < -0.4 is 0 Å². The Morgan fingerprint density at radius 1 is 1.67 bits per heavy atom. The lowest BCUT2D eigenvalue weighted by atomic mass is 9.90. The highest BCUT2D eigenvalue weighted by atomic mass is 32.1. The van der Waals surface area contributed by atoms with Crippen molar-refractivity contribution < 1.29 is 15.0 Å². The zero-order valence-electron chi connectivity index (χ0n) is 8.56. The molecule has 1 atom stereocenters. The Bertz CT molecular complexity index is 381. The van der Waals surface area contributed by atoms with Crippen LogP contribution in [0, 0.1) is 5.92 Å². The van der Waals surface area contributed by atoms with Crippen LogP contribution >= 0.6 is 11.3 Å². The average Bonchev–Trinajstić information content (AvgIpc) is 2.94. The number of hydrogen-bond donors (Lipinski definition) is 2. The molecule has 0 saturated heterocycles. The summed E-state index contributed by atoms with van der Waals surface area (Å²) >= 11 is 1.35. The summed E-state index contributed by atoms with van der Waals surface area (Å²) in [7, 11) is 0. The van der Waals surface area contributed by atoms with Gasteiger partial charge in [-0.1, -0.05) is 6.92 Å². The molecule has 2 N–H and O–H groups in total. The molecule has 0 aromatic carbocycles. The molecule has 1 heterocycles. The first kappa shape index (κ1) is 10.6. The number of rotatable bonds is 4. The first-order chi connectivity index (χ1) is 7.09. The zero-order valence-corrected chi connectivity index (χ0v) is 9.38. The summed E-state index contributed by atoms with van der Waals surface area (Å²) in [4.78, 5) is 11.6. The molecular formula is C11H14O3S. The van der Waals surface area contributed by atoms with E-state index in [1.807, 2.05) is 6.92 Å². The molecule has 1 aliphatic carbocycles. The number of carboxylic acids is 1. The molecule has 0 bridgehead atoms. The van der Waals surface area contributed by atoms with E-state index in [0.717, 1.165) is 12.8 Å². The molecule has 1 aromatic rings. The minimum absolute atomic E-state index is 0.249. The fraction of sp³-hybridized carbons (Fsp3) is 0.545. The quantitative estimate of drug-likeness (QED) is 0.829. The molecule has 3 nitrogen and oxygen atoms in total. The van der Waals surface area contributed by atoms with Crippen molar-refractivity contribution in [3.05, 3.63) is 21.9 Å². The molecule has 0 aliphatic heterocycles. The summed E-state index contributed by atoms with van der Waals surface area (Å²) < 4.78 is 0. The standard InChI is InChI=1S/C11H14O3S/c1-2-11(14,7-3-4-7)9-8(10(12)13)5-6-15-9/h5-7,14H,2-4H2,1H3,(H,12,13). The fourth-order valence-corrected chi connectivity index (χ4v) is 3.15. The maximum atomic E-state index is 11.0. The van der Waals surface area contributed by atoms with Gasteiger partial charge in [-0.05, 0) is 36.6 Å². The van der Waals surface area contributed by atoms with Crippen molar-refractivity contribution in [3.63, 3.8) is 0 Å². The predicted molar refractivity (Wildman–Crippen MR) is 58.2 cm³/mol. The molecule has 1 saturated carbocycles. The Kier molecular flexibility index (Phi) is 2.56. The summed E-state index contributed by atoms with van der Waals surface area (Å²) in [5.74, 6) is -0.696. The van der Waals surface area contributed by atoms with E-state index in [0.29, 0.717) is 11.3 Å². The second kappa shape index (κ2) is 3.61. The van der Waals surface area contributed by atoms with Crippen LogP contribution in [0.3, 0.4) is 0 Å². The molecule has 4 heteroatoms. The van der Waals surface area contributed by atoms with Gasteiger partial charge in [-0.3, -0.25) is 0 Å². The smallest absolute Gasteiger partial charge is 0.336 e.